The molecule has 0 unspecified atom stereocenters. The summed E-state index contributed by atoms with van der Waals surface area (Å²) < 4.78 is 0. The lowest BCUT2D eigenvalue weighted by molar-refractivity contribution is -0.132. The number of benzene rings is 2. The second-order valence-corrected chi connectivity index (χ2v) is 8.12. The Labute approximate surface area is 179 Å². The first-order chi connectivity index (χ1) is 14.7. The molecule has 4 rings (SSSR count). The van der Waals surface area contributed by atoms with Gasteiger partial charge in [-0.3, -0.25) is 14.7 Å². The number of likely N-dealkylation sites (N-methyl/N-ethyl adjacent to an activating group) is 1. The van der Waals surface area contributed by atoms with Gasteiger partial charge in [-0.1, -0.05) is 66.7 Å². The molecule has 0 N–H and O–H groups in total. The first-order valence-electron chi connectivity index (χ1n) is 10.7. The number of hydrogen-bond donors (Lipinski definition) is 0. The zero-order chi connectivity index (χ0) is 20.8. The molecule has 1 aliphatic heterocycles. The van der Waals surface area contributed by atoms with Crippen molar-refractivity contribution in [1.29, 1.82) is 0 Å². The molecule has 2 heterocycles. The van der Waals surface area contributed by atoms with Crippen LogP contribution in [0.25, 0.3) is 0 Å². The van der Waals surface area contributed by atoms with Crippen LogP contribution in [0.15, 0.2) is 85.2 Å². The molecule has 1 amide bonds. The summed E-state index contributed by atoms with van der Waals surface area (Å²) in [5.41, 5.74) is 3.60. The van der Waals surface area contributed by atoms with Crippen molar-refractivity contribution >= 4 is 5.91 Å². The molecule has 3 aromatic rings. The fourth-order valence-electron chi connectivity index (χ4n) is 4.34. The molecule has 1 aromatic heterocycles. The highest BCUT2D eigenvalue weighted by Crippen LogP contribution is 2.29. The maximum atomic E-state index is 13.2. The maximum Gasteiger partial charge on any atom is 0.223 e. The summed E-state index contributed by atoms with van der Waals surface area (Å²) in [6, 6.07) is 25.1. The lowest BCUT2D eigenvalue weighted by Gasteiger charge is -2.27. The minimum Gasteiger partial charge on any atom is -0.341 e. The van der Waals surface area contributed by atoms with E-state index in [0.29, 0.717) is 6.42 Å². The van der Waals surface area contributed by atoms with Crippen LogP contribution < -0.4 is 0 Å². The maximum absolute atomic E-state index is 13.2. The lowest BCUT2D eigenvalue weighted by Crippen LogP contribution is -2.39. The van der Waals surface area contributed by atoms with Crippen molar-refractivity contribution in [3.05, 3.63) is 102 Å². The fourth-order valence-corrected chi connectivity index (χ4v) is 4.34. The SMILES string of the molecule is CN(C(=O)CC(c1ccccc1)c1ccccc1)[C@H]1CCN(Cc2cccnc2)C1. The monoisotopic (exact) mass is 399 g/mol. The van der Waals surface area contributed by atoms with Crippen LogP contribution in [0.3, 0.4) is 0 Å². The largest absolute Gasteiger partial charge is 0.341 e. The molecular weight excluding hydrogens is 370 g/mol. The van der Waals surface area contributed by atoms with Crippen LogP contribution in [0, 0.1) is 0 Å². The third-order valence-corrected chi connectivity index (χ3v) is 6.10. The molecule has 1 aliphatic rings. The van der Waals surface area contributed by atoms with Gasteiger partial charge in [-0.05, 0) is 29.2 Å². The Hall–Kier alpha value is -2.98. The van der Waals surface area contributed by atoms with Gasteiger partial charge < -0.3 is 4.90 Å². The van der Waals surface area contributed by atoms with Gasteiger partial charge in [-0.15, -0.1) is 0 Å². The number of aromatic nitrogens is 1. The van der Waals surface area contributed by atoms with Gasteiger partial charge in [-0.25, -0.2) is 0 Å². The summed E-state index contributed by atoms with van der Waals surface area (Å²) in [5, 5.41) is 0. The third-order valence-electron chi connectivity index (χ3n) is 6.10. The Bertz CT molecular complexity index is 891. The molecule has 2 aromatic carbocycles. The zero-order valence-electron chi connectivity index (χ0n) is 17.5. The smallest absolute Gasteiger partial charge is 0.223 e. The average molecular weight is 400 g/mol. The second-order valence-electron chi connectivity index (χ2n) is 8.12. The number of amides is 1. The van der Waals surface area contributed by atoms with E-state index in [-0.39, 0.29) is 17.9 Å². The van der Waals surface area contributed by atoms with Gasteiger partial charge in [0.2, 0.25) is 5.91 Å². The van der Waals surface area contributed by atoms with Crippen LogP contribution in [-0.4, -0.2) is 46.9 Å². The molecule has 1 atom stereocenters. The van der Waals surface area contributed by atoms with Crippen molar-refractivity contribution in [3.63, 3.8) is 0 Å². The topological polar surface area (TPSA) is 36.4 Å². The number of carbonyl (C=O) groups is 1. The van der Waals surface area contributed by atoms with Crippen molar-refractivity contribution in [2.24, 2.45) is 0 Å². The summed E-state index contributed by atoms with van der Waals surface area (Å²) in [4.78, 5) is 21.8. The highest BCUT2D eigenvalue weighted by molar-refractivity contribution is 5.78. The lowest BCUT2D eigenvalue weighted by atomic mass is 9.88. The number of pyridine rings is 1. The van der Waals surface area contributed by atoms with Crippen LogP contribution in [0.5, 0.6) is 0 Å². The van der Waals surface area contributed by atoms with Crippen molar-refractivity contribution < 1.29 is 4.79 Å². The van der Waals surface area contributed by atoms with Crippen molar-refractivity contribution in [2.45, 2.75) is 31.3 Å². The van der Waals surface area contributed by atoms with Crippen molar-refractivity contribution in [1.82, 2.24) is 14.8 Å². The van der Waals surface area contributed by atoms with Gasteiger partial charge in [0.05, 0.1) is 0 Å². The van der Waals surface area contributed by atoms with Gasteiger partial charge in [0.15, 0.2) is 0 Å². The van der Waals surface area contributed by atoms with E-state index in [1.54, 1.807) is 6.20 Å². The van der Waals surface area contributed by atoms with Crippen LogP contribution in [0.2, 0.25) is 0 Å². The second kappa shape index (κ2) is 9.68. The van der Waals surface area contributed by atoms with Crippen LogP contribution in [0.4, 0.5) is 0 Å². The molecule has 0 bridgehead atoms. The molecule has 4 nitrogen and oxygen atoms in total. The van der Waals surface area contributed by atoms with E-state index in [2.05, 4.69) is 40.2 Å². The Morgan fingerprint density at radius 3 is 2.30 bits per heavy atom. The standard InChI is InChI=1S/C26H29N3O/c1-28(24-14-16-29(20-24)19-21-9-8-15-27-18-21)26(30)17-25(22-10-4-2-5-11-22)23-12-6-3-7-13-23/h2-13,15,18,24-25H,14,16-17,19-20H2,1H3/t24-/m0/s1. The van der Waals surface area contributed by atoms with Gasteiger partial charge in [0, 0.05) is 57.5 Å². The van der Waals surface area contributed by atoms with E-state index < -0.39 is 0 Å². The van der Waals surface area contributed by atoms with Crippen molar-refractivity contribution in [2.75, 3.05) is 20.1 Å². The quantitative estimate of drug-likeness (QED) is 0.593. The molecule has 0 radical (unpaired) electrons. The molecule has 0 aliphatic carbocycles. The molecule has 1 fully saturated rings. The normalized spacial score (nSPS) is 16.7. The Kier molecular flexibility index (Phi) is 6.55. The summed E-state index contributed by atoms with van der Waals surface area (Å²) in [5.74, 6) is 0.288. The minimum atomic E-state index is 0.0789. The molecule has 0 saturated carbocycles. The van der Waals surface area contributed by atoms with Crippen LogP contribution >= 0.6 is 0 Å². The van der Waals surface area contributed by atoms with Crippen LogP contribution in [-0.2, 0) is 11.3 Å². The van der Waals surface area contributed by atoms with E-state index in [4.69, 9.17) is 0 Å². The first-order valence-corrected chi connectivity index (χ1v) is 10.7. The summed E-state index contributed by atoms with van der Waals surface area (Å²) >= 11 is 0. The molecule has 1 saturated heterocycles. The predicted molar refractivity (Wildman–Crippen MR) is 120 cm³/mol. The van der Waals surface area contributed by atoms with E-state index >= 15 is 0 Å². The number of likely N-dealkylation sites (tertiary alicyclic amines) is 1. The minimum absolute atomic E-state index is 0.0789. The molecular formula is C26H29N3O. The zero-order valence-corrected chi connectivity index (χ0v) is 17.5. The number of nitrogens with zero attached hydrogens (tertiary/aromatic N) is 3. The van der Waals surface area contributed by atoms with E-state index in [9.17, 15) is 4.79 Å². The number of rotatable bonds is 7. The van der Waals surface area contributed by atoms with Gasteiger partial charge in [0.1, 0.15) is 0 Å². The summed E-state index contributed by atoms with van der Waals surface area (Å²) in [6.07, 6.45) is 5.23. The number of carbonyl (C=O) groups excluding carboxylic acids is 1. The van der Waals surface area contributed by atoms with Gasteiger partial charge in [-0.2, -0.15) is 0 Å². The number of hydrogen-bond acceptors (Lipinski definition) is 3. The molecule has 154 valence electrons. The molecule has 30 heavy (non-hydrogen) atoms. The first kappa shape index (κ1) is 20.3. The Balaban J connectivity index is 1.41. The Morgan fingerprint density at radius 1 is 1.03 bits per heavy atom. The van der Waals surface area contributed by atoms with E-state index in [0.717, 1.165) is 26.1 Å². The highest BCUT2D eigenvalue weighted by Gasteiger charge is 2.30. The van der Waals surface area contributed by atoms with Gasteiger partial charge >= 0.3 is 0 Å². The Morgan fingerprint density at radius 2 is 1.70 bits per heavy atom. The summed E-state index contributed by atoms with van der Waals surface area (Å²) in [6.45, 7) is 2.82. The fraction of sp³-hybridized carbons (Fsp3) is 0.308. The average Bonchev–Trinajstić information content (AvgIpc) is 3.27. The van der Waals surface area contributed by atoms with E-state index in [1.165, 1.54) is 16.7 Å². The summed E-state index contributed by atoms with van der Waals surface area (Å²) in [7, 11) is 1.97. The van der Waals surface area contributed by atoms with Crippen molar-refractivity contribution in [3.8, 4) is 0 Å². The third kappa shape index (κ3) is 4.95. The highest BCUT2D eigenvalue weighted by atomic mass is 16.2. The van der Waals surface area contributed by atoms with Crippen LogP contribution in [0.1, 0.15) is 35.4 Å². The van der Waals surface area contributed by atoms with E-state index in [1.807, 2.05) is 60.6 Å². The molecule has 4 heteroatoms. The molecule has 0 spiro atoms. The predicted octanol–water partition coefficient (Wildman–Crippen LogP) is 4.34. The van der Waals surface area contributed by atoms with Gasteiger partial charge in [0.25, 0.3) is 0 Å².